The van der Waals surface area contributed by atoms with Gasteiger partial charge in [0.1, 0.15) is 5.82 Å². The fourth-order valence-corrected chi connectivity index (χ4v) is 1.99. The molecule has 1 atom stereocenters. The van der Waals surface area contributed by atoms with Crippen molar-refractivity contribution in [2.75, 3.05) is 11.9 Å². The molecule has 0 spiro atoms. The predicted octanol–water partition coefficient (Wildman–Crippen LogP) is 3.70. The molecule has 0 amide bonds. The second-order valence-corrected chi connectivity index (χ2v) is 4.91. The monoisotopic (exact) mass is 308 g/mol. The van der Waals surface area contributed by atoms with Crippen LogP contribution in [-0.2, 0) is 0 Å². The maximum atomic E-state index is 12.9. The molecule has 94 valence electrons. The quantitative estimate of drug-likeness (QED) is 0.904. The van der Waals surface area contributed by atoms with Crippen molar-refractivity contribution in [1.82, 2.24) is 0 Å². The van der Waals surface area contributed by atoms with Gasteiger partial charge < -0.3 is 11.1 Å². The van der Waals surface area contributed by atoms with E-state index in [4.69, 9.17) is 5.73 Å². The maximum Gasteiger partial charge on any atom is 0.123 e. The fourth-order valence-electron chi connectivity index (χ4n) is 1.72. The second kappa shape index (κ2) is 5.98. The van der Waals surface area contributed by atoms with E-state index < -0.39 is 0 Å². The number of halogens is 2. The molecular formula is C14H14BrFN2. The van der Waals surface area contributed by atoms with E-state index >= 15 is 0 Å². The summed E-state index contributed by atoms with van der Waals surface area (Å²) in [4.78, 5) is 0. The average molecular weight is 309 g/mol. The van der Waals surface area contributed by atoms with Crippen LogP contribution in [0.15, 0.2) is 53.0 Å². The molecule has 2 aromatic carbocycles. The van der Waals surface area contributed by atoms with Crippen molar-refractivity contribution in [3.8, 4) is 0 Å². The van der Waals surface area contributed by atoms with Crippen LogP contribution < -0.4 is 11.1 Å². The van der Waals surface area contributed by atoms with Gasteiger partial charge in [-0.3, -0.25) is 0 Å². The molecule has 2 aromatic rings. The third-order valence-corrected chi connectivity index (χ3v) is 3.22. The molecule has 1 unspecified atom stereocenters. The standard InChI is InChI=1S/C14H14BrFN2/c15-11-3-7-13(8-4-11)18-14(9-17)10-1-5-12(16)6-2-10/h1-8,14,18H,9,17H2. The molecule has 18 heavy (non-hydrogen) atoms. The van der Waals surface area contributed by atoms with Gasteiger partial charge in [0, 0.05) is 16.7 Å². The molecule has 3 N–H and O–H groups in total. The minimum Gasteiger partial charge on any atom is -0.377 e. The highest BCUT2D eigenvalue weighted by atomic mass is 79.9. The van der Waals surface area contributed by atoms with Crippen LogP contribution in [0.5, 0.6) is 0 Å². The highest BCUT2D eigenvalue weighted by Gasteiger charge is 2.09. The van der Waals surface area contributed by atoms with Crippen LogP contribution in [0, 0.1) is 5.82 Å². The smallest absolute Gasteiger partial charge is 0.123 e. The van der Waals surface area contributed by atoms with Crippen LogP contribution >= 0.6 is 15.9 Å². The van der Waals surface area contributed by atoms with Crippen LogP contribution in [-0.4, -0.2) is 6.54 Å². The minimum absolute atomic E-state index is 0.0215. The molecule has 2 nitrogen and oxygen atoms in total. The lowest BCUT2D eigenvalue weighted by Crippen LogP contribution is -2.20. The first-order valence-electron chi connectivity index (χ1n) is 5.66. The molecule has 0 aliphatic heterocycles. The van der Waals surface area contributed by atoms with Crippen LogP contribution in [0.2, 0.25) is 0 Å². The Morgan fingerprint density at radius 2 is 1.67 bits per heavy atom. The molecule has 2 rings (SSSR count). The number of hydrogen-bond donors (Lipinski definition) is 2. The van der Waals surface area contributed by atoms with Gasteiger partial charge in [-0.05, 0) is 42.0 Å². The number of nitrogens with one attached hydrogen (secondary N) is 1. The topological polar surface area (TPSA) is 38.0 Å². The fraction of sp³-hybridized carbons (Fsp3) is 0.143. The molecule has 0 aliphatic carbocycles. The molecule has 0 aromatic heterocycles. The molecule has 4 heteroatoms. The molecule has 0 saturated heterocycles. The first-order valence-corrected chi connectivity index (χ1v) is 6.46. The minimum atomic E-state index is -0.238. The highest BCUT2D eigenvalue weighted by Crippen LogP contribution is 2.20. The predicted molar refractivity (Wildman–Crippen MR) is 76.0 cm³/mol. The summed E-state index contributed by atoms with van der Waals surface area (Å²) in [5.41, 5.74) is 7.71. The maximum absolute atomic E-state index is 12.9. The van der Waals surface area contributed by atoms with E-state index in [1.54, 1.807) is 12.1 Å². The van der Waals surface area contributed by atoms with Crippen molar-refractivity contribution in [2.45, 2.75) is 6.04 Å². The largest absolute Gasteiger partial charge is 0.377 e. The zero-order valence-electron chi connectivity index (χ0n) is 9.74. The van der Waals surface area contributed by atoms with E-state index in [1.807, 2.05) is 24.3 Å². The van der Waals surface area contributed by atoms with Gasteiger partial charge >= 0.3 is 0 Å². The van der Waals surface area contributed by atoms with Gasteiger partial charge in [-0.25, -0.2) is 4.39 Å². The molecule has 0 bridgehead atoms. The third-order valence-electron chi connectivity index (χ3n) is 2.69. The second-order valence-electron chi connectivity index (χ2n) is 3.99. The van der Waals surface area contributed by atoms with Crippen LogP contribution in [0.1, 0.15) is 11.6 Å². The Kier molecular flexibility index (Phi) is 4.33. The summed E-state index contributed by atoms with van der Waals surface area (Å²) in [5, 5.41) is 3.32. The van der Waals surface area contributed by atoms with Crippen LogP contribution in [0.25, 0.3) is 0 Å². The van der Waals surface area contributed by atoms with E-state index in [9.17, 15) is 4.39 Å². The first-order chi connectivity index (χ1) is 8.69. The Bertz CT molecular complexity index is 496. The molecule has 0 aliphatic rings. The van der Waals surface area contributed by atoms with Crippen molar-refractivity contribution in [1.29, 1.82) is 0 Å². The normalized spacial score (nSPS) is 12.2. The zero-order chi connectivity index (χ0) is 13.0. The van der Waals surface area contributed by atoms with E-state index in [1.165, 1.54) is 12.1 Å². The third kappa shape index (κ3) is 3.31. The van der Waals surface area contributed by atoms with Gasteiger partial charge in [-0.2, -0.15) is 0 Å². The number of anilines is 1. The molecular weight excluding hydrogens is 295 g/mol. The van der Waals surface area contributed by atoms with Gasteiger partial charge in [0.15, 0.2) is 0 Å². The Morgan fingerprint density at radius 1 is 1.06 bits per heavy atom. The Morgan fingerprint density at radius 3 is 2.22 bits per heavy atom. The number of rotatable bonds is 4. The Hall–Kier alpha value is -1.39. The van der Waals surface area contributed by atoms with Gasteiger partial charge in [0.25, 0.3) is 0 Å². The lowest BCUT2D eigenvalue weighted by molar-refractivity contribution is 0.626. The van der Waals surface area contributed by atoms with Gasteiger partial charge in [-0.15, -0.1) is 0 Å². The molecule has 0 heterocycles. The summed E-state index contributed by atoms with van der Waals surface area (Å²) in [6.45, 7) is 0.446. The lowest BCUT2D eigenvalue weighted by Gasteiger charge is -2.18. The Labute approximate surface area is 114 Å². The Balaban J connectivity index is 2.14. The van der Waals surface area contributed by atoms with Crippen LogP contribution in [0.3, 0.4) is 0 Å². The molecule has 0 radical (unpaired) electrons. The van der Waals surface area contributed by atoms with E-state index in [0.717, 1.165) is 15.7 Å². The number of benzene rings is 2. The highest BCUT2D eigenvalue weighted by molar-refractivity contribution is 9.10. The van der Waals surface area contributed by atoms with Crippen molar-refractivity contribution in [3.05, 3.63) is 64.4 Å². The van der Waals surface area contributed by atoms with Crippen molar-refractivity contribution in [3.63, 3.8) is 0 Å². The SMILES string of the molecule is NCC(Nc1ccc(Br)cc1)c1ccc(F)cc1. The molecule has 0 saturated carbocycles. The van der Waals surface area contributed by atoms with E-state index in [2.05, 4.69) is 21.2 Å². The van der Waals surface area contributed by atoms with Gasteiger partial charge in [-0.1, -0.05) is 28.1 Å². The number of nitrogens with two attached hydrogens (primary N) is 1. The molecule has 0 fully saturated rings. The van der Waals surface area contributed by atoms with E-state index in [-0.39, 0.29) is 11.9 Å². The zero-order valence-corrected chi connectivity index (χ0v) is 11.3. The van der Waals surface area contributed by atoms with Crippen LogP contribution in [0.4, 0.5) is 10.1 Å². The first kappa shape index (κ1) is 13.1. The number of hydrogen-bond acceptors (Lipinski definition) is 2. The summed E-state index contributed by atoms with van der Waals surface area (Å²) < 4.78 is 13.9. The van der Waals surface area contributed by atoms with Gasteiger partial charge in [0.05, 0.1) is 6.04 Å². The van der Waals surface area contributed by atoms with Crippen molar-refractivity contribution >= 4 is 21.6 Å². The van der Waals surface area contributed by atoms with E-state index in [0.29, 0.717) is 6.54 Å². The summed E-state index contributed by atoms with van der Waals surface area (Å²) in [6.07, 6.45) is 0. The summed E-state index contributed by atoms with van der Waals surface area (Å²) >= 11 is 3.39. The average Bonchev–Trinajstić information content (AvgIpc) is 2.39. The summed E-state index contributed by atoms with van der Waals surface area (Å²) in [7, 11) is 0. The van der Waals surface area contributed by atoms with Crippen molar-refractivity contribution in [2.24, 2.45) is 5.73 Å². The van der Waals surface area contributed by atoms with Crippen molar-refractivity contribution < 1.29 is 4.39 Å². The van der Waals surface area contributed by atoms with Gasteiger partial charge in [0.2, 0.25) is 0 Å². The summed E-state index contributed by atoms with van der Waals surface area (Å²) in [6, 6.07) is 14.2. The lowest BCUT2D eigenvalue weighted by atomic mass is 10.1. The summed E-state index contributed by atoms with van der Waals surface area (Å²) in [5.74, 6) is -0.238.